The highest BCUT2D eigenvalue weighted by Gasteiger charge is 2.31. The van der Waals surface area contributed by atoms with Gasteiger partial charge in [0.25, 0.3) is 0 Å². The number of rotatable bonds is 4. The second kappa shape index (κ2) is 6.85. The largest absolute Gasteiger partial charge is 0.309 e. The van der Waals surface area contributed by atoms with Crippen molar-refractivity contribution < 1.29 is 0 Å². The summed E-state index contributed by atoms with van der Waals surface area (Å²) in [5.74, 6) is 2.36. The second-order valence-corrected chi connectivity index (χ2v) is 6.94. The molecule has 1 aromatic heterocycles. The van der Waals surface area contributed by atoms with E-state index in [1.807, 2.05) is 12.3 Å². The van der Waals surface area contributed by atoms with Crippen molar-refractivity contribution in [1.29, 1.82) is 0 Å². The summed E-state index contributed by atoms with van der Waals surface area (Å²) in [6.07, 6.45) is 5.90. The lowest BCUT2D eigenvalue weighted by atomic mass is 9.73. The van der Waals surface area contributed by atoms with E-state index >= 15 is 0 Å². The normalized spacial score (nSPS) is 29.2. The van der Waals surface area contributed by atoms with Crippen LogP contribution in [0.5, 0.6) is 0 Å². The van der Waals surface area contributed by atoms with Crippen molar-refractivity contribution in [3.8, 4) is 0 Å². The molecule has 1 aliphatic carbocycles. The van der Waals surface area contributed by atoms with Crippen LogP contribution in [0.4, 0.5) is 0 Å². The van der Waals surface area contributed by atoms with Gasteiger partial charge in [0.15, 0.2) is 0 Å². The highest BCUT2D eigenvalue weighted by molar-refractivity contribution is 9.10. The van der Waals surface area contributed by atoms with Gasteiger partial charge in [-0.05, 0) is 71.6 Å². The highest BCUT2D eigenvalue weighted by atomic mass is 79.9. The lowest BCUT2D eigenvalue weighted by molar-refractivity contribution is 0.175. The summed E-state index contributed by atoms with van der Waals surface area (Å²) >= 11 is 3.66. The van der Waals surface area contributed by atoms with Crippen LogP contribution in [0, 0.1) is 17.8 Å². The average Bonchev–Trinajstić information content (AvgIpc) is 2.36. The van der Waals surface area contributed by atoms with Crippen molar-refractivity contribution in [3.63, 3.8) is 0 Å². The second-order valence-electron chi connectivity index (χ2n) is 6.08. The van der Waals surface area contributed by atoms with Gasteiger partial charge in [-0.25, -0.2) is 0 Å². The molecular formula is C16H25BrN2. The molecule has 0 bridgehead atoms. The third kappa shape index (κ3) is 3.79. The fourth-order valence-electron chi connectivity index (χ4n) is 3.61. The monoisotopic (exact) mass is 324 g/mol. The van der Waals surface area contributed by atoms with E-state index < -0.39 is 0 Å². The Morgan fingerprint density at radius 3 is 2.58 bits per heavy atom. The first-order chi connectivity index (χ1) is 9.11. The van der Waals surface area contributed by atoms with E-state index in [9.17, 15) is 0 Å². The zero-order chi connectivity index (χ0) is 13.8. The van der Waals surface area contributed by atoms with Gasteiger partial charge in [0.1, 0.15) is 0 Å². The SMILES string of the molecule is CCNC(c1ncccc1Br)C1CC(C)CC(C)C1. The molecule has 1 N–H and O–H groups in total. The number of hydrogen-bond donors (Lipinski definition) is 1. The number of halogens is 1. The van der Waals surface area contributed by atoms with E-state index in [2.05, 4.69) is 53.1 Å². The molecule has 1 aliphatic rings. The Morgan fingerprint density at radius 2 is 2.00 bits per heavy atom. The molecule has 2 nitrogen and oxygen atoms in total. The fraction of sp³-hybridized carbons (Fsp3) is 0.688. The molecule has 1 saturated carbocycles. The Balaban J connectivity index is 2.22. The lowest BCUT2D eigenvalue weighted by Crippen LogP contribution is -2.34. The van der Waals surface area contributed by atoms with E-state index in [-0.39, 0.29) is 0 Å². The first-order valence-corrected chi connectivity index (χ1v) is 8.24. The minimum atomic E-state index is 0.380. The molecule has 0 aromatic carbocycles. The van der Waals surface area contributed by atoms with E-state index in [4.69, 9.17) is 0 Å². The van der Waals surface area contributed by atoms with Crippen LogP contribution >= 0.6 is 15.9 Å². The Kier molecular flexibility index (Phi) is 5.40. The van der Waals surface area contributed by atoms with E-state index in [1.54, 1.807) is 0 Å². The molecule has 0 aliphatic heterocycles. The van der Waals surface area contributed by atoms with Crippen LogP contribution in [-0.4, -0.2) is 11.5 Å². The summed E-state index contributed by atoms with van der Waals surface area (Å²) in [6, 6.07) is 4.47. The first-order valence-electron chi connectivity index (χ1n) is 7.45. The Hall–Kier alpha value is -0.410. The van der Waals surface area contributed by atoms with Crippen molar-refractivity contribution in [2.75, 3.05) is 6.54 Å². The van der Waals surface area contributed by atoms with Gasteiger partial charge in [0.05, 0.1) is 11.7 Å². The Bertz CT molecular complexity index is 397. The van der Waals surface area contributed by atoms with E-state index in [1.165, 1.54) is 25.0 Å². The maximum Gasteiger partial charge on any atom is 0.0717 e. The summed E-state index contributed by atoms with van der Waals surface area (Å²) in [4.78, 5) is 4.61. The maximum atomic E-state index is 4.61. The van der Waals surface area contributed by atoms with Crippen molar-refractivity contribution in [2.24, 2.45) is 17.8 Å². The molecular weight excluding hydrogens is 300 g/mol. The third-order valence-electron chi connectivity index (χ3n) is 4.19. The lowest BCUT2D eigenvalue weighted by Gasteiger charge is -2.37. The summed E-state index contributed by atoms with van der Waals surface area (Å²) in [6.45, 7) is 7.95. The number of nitrogens with one attached hydrogen (secondary N) is 1. The van der Waals surface area contributed by atoms with Gasteiger partial charge in [-0.15, -0.1) is 0 Å². The van der Waals surface area contributed by atoms with Crippen LogP contribution in [0.25, 0.3) is 0 Å². The molecule has 1 fully saturated rings. The van der Waals surface area contributed by atoms with Gasteiger partial charge in [-0.1, -0.05) is 20.8 Å². The van der Waals surface area contributed by atoms with Crippen LogP contribution in [0.2, 0.25) is 0 Å². The van der Waals surface area contributed by atoms with Crippen molar-refractivity contribution in [3.05, 3.63) is 28.5 Å². The maximum absolute atomic E-state index is 4.61. The first kappa shape index (κ1) is 15.0. The minimum absolute atomic E-state index is 0.380. The summed E-state index contributed by atoms with van der Waals surface area (Å²) in [5, 5.41) is 3.66. The van der Waals surface area contributed by atoms with Gasteiger partial charge in [0, 0.05) is 10.7 Å². The molecule has 0 saturated heterocycles. The minimum Gasteiger partial charge on any atom is -0.309 e. The number of nitrogens with zero attached hydrogens (tertiary/aromatic N) is 1. The zero-order valence-corrected chi connectivity index (χ0v) is 13.8. The molecule has 3 unspecified atom stereocenters. The molecule has 1 aromatic rings. The van der Waals surface area contributed by atoms with Gasteiger partial charge >= 0.3 is 0 Å². The molecule has 3 atom stereocenters. The molecule has 19 heavy (non-hydrogen) atoms. The van der Waals surface area contributed by atoms with Gasteiger partial charge in [-0.2, -0.15) is 0 Å². The average molecular weight is 325 g/mol. The van der Waals surface area contributed by atoms with E-state index in [0.717, 1.165) is 22.9 Å². The van der Waals surface area contributed by atoms with Crippen LogP contribution in [-0.2, 0) is 0 Å². The van der Waals surface area contributed by atoms with Gasteiger partial charge in [0.2, 0.25) is 0 Å². The predicted molar refractivity (Wildman–Crippen MR) is 84.0 cm³/mol. The van der Waals surface area contributed by atoms with Gasteiger partial charge < -0.3 is 5.32 Å². The highest BCUT2D eigenvalue weighted by Crippen LogP contribution is 2.40. The van der Waals surface area contributed by atoms with Crippen molar-refractivity contribution in [1.82, 2.24) is 10.3 Å². The van der Waals surface area contributed by atoms with Crippen molar-refractivity contribution >= 4 is 15.9 Å². The smallest absolute Gasteiger partial charge is 0.0717 e. The predicted octanol–water partition coefficient (Wildman–Crippen LogP) is 4.57. The molecule has 3 heteroatoms. The van der Waals surface area contributed by atoms with Crippen LogP contribution in [0.3, 0.4) is 0 Å². The fourth-order valence-corrected chi connectivity index (χ4v) is 4.12. The van der Waals surface area contributed by atoms with Crippen LogP contribution < -0.4 is 5.32 Å². The quantitative estimate of drug-likeness (QED) is 0.877. The molecule has 0 spiro atoms. The number of pyridine rings is 1. The molecule has 0 amide bonds. The van der Waals surface area contributed by atoms with Crippen molar-refractivity contribution in [2.45, 2.75) is 46.1 Å². The summed E-state index contributed by atoms with van der Waals surface area (Å²) in [7, 11) is 0. The number of aromatic nitrogens is 1. The third-order valence-corrected chi connectivity index (χ3v) is 4.86. The number of hydrogen-bond acceptors (Lipinski definition) is 2. The van der Waals surface area contributed by atoms with Crippen LogP contribution in [0.15, 0.2) is 22.8 Å². The Labute approximate surface area is 125 Å². The molecule has 106 valence electrons. The zero-order valence-electron chi connectivity index (χ0n) is 12.2. The summed E-state index contributed by atoms with van der Waals surface area (Å²) in [5.41, 5.74) is 1.18. The molecule has 0 radical (unpaired) electrons. The van der Waals surface area contributed by atoms with Gasteiger partial charge in [-0.3, -0.25) is 4.98 Å². The summed E-state index contributed by atoms with van der Waals surface area (Å²) < 4.78 is 1.13. The molecule has 1 heterocycles. The molecule has 2 rings (SSSR count). The standard InChI is InChI=1S/C16H25BrN2/c1-4-18-15(16-14(17)6-5-7-19-16)13-9-11(2)8-12(3)10-13/h5-7,11-13,15,18H,4,8-10H2,1-3H3. The van der Waals surface area contributed by atoms with E-state index in [0.29, 0.717) is 12.0 Å². The van der Waals surface area contributed by atoms with Crippen LogP contribution in [0.1, 0.15) is 51.8 Å². The Morgan fingerprint density at radius 1 is 1.32 bits per heavy atom. The topological polar surface area (TPSA) is 24.9 Å².